The molecule has 2 aromatic rings. The Balaban J connectivity index is 2.15. The van der Waals surface area contributed by atoms with Crippen LogP contribution in [-0.2, 0) is 9.84 Å². The largest absolute Gasteiger partial charge is 0.494 e. The van der Waals surface area contributed by atoms with E-state index in [1.807, 2.05) is 0 Å². The van der Waals surface area contributed by atoms with E-state index < -0.39 is 9.84 Å². The quantitative estimate of drug-likeness (QED) is 0.540. The SMILES string of the molecule is COc1c(S(C)(=O)=O)ccc(C(=O)c2c(SC)noc2C2CC2)c1Cl. The fourth-order valence-corrected chi connectivity index (χ4v) is 4.32. The molecule has 0 saturated heterocycles. The lowest BCUT2D eigenvalue weighted by atomic mass is 10.0. The first-order valence-corrected chi connectivity index (χ1v) is 10.9. The molecule has 0 spiro atoms. The molecule has 1 aliphatic carbocycles. The van der Waals surface area contributed by atoms with Crippen molar-refractivity contribution in [3.8, 4) is 5.75 Å². The van der Waals surface area contributed by atoms with E-state index >= 15 is 0 Å². The zero-order valence-electron chi connectivity index (χ0n) is 13.8. The summed E-state index contributed by atoms with van der Waals surface area (Å²) < 4.78 is 34.3. The van der Waals surface area contributed by atoms with Gasteiger partial charge in [-0.05, 0) is 31.2 Å². The summed E-state index contributed by atoms with van der Waals surface area (Å²) >= 11 is 7.62. The van der Waals surface area contributed by atoms with E-state index in [2.05, 4.69) is 5.16 Å². The maximum atomic E-state index is 13.1. The number of nitrogens with zero attached hydrogens (tertiary/aromatic N) is 1. The second-order valence-electron chi connectivity index (χ2n) is 5.77. The number of thioether (sulfide) groups is 1. The number of sulfone groups is 1. The summed E-state index contributed by atoms with van der Waals surface area (Å²) in [4.78, 5) is 13.0. The van der Waals surface area contributed by atoms with Gasteiger partial charge >= 0.3 is 0 Å². The fourth-order valence-electron chi connectivity index (χ4n) is 2.59. The Morgan fingerprint density at radius 2 is 2.08 bits per heavy atom. The van der Waals surface area contributed by atoms with E-state index in [0.717, 1.165) is 19.1 Å². The van der Waals surface area contributed by atoms with E-state index in [4.69, 9.17) is 20.9 Å². The van der Waals surface area contributed by atoms with Gasteiger partial charge in [0.15, 0.2) is 26.4 Å². The molecule has 1 saturated carbocycles. The van der Waals surface area contributed by atoms with Crippen molar-refractivity contribution in [3.63, 3.8) is 0 Å². The molecule has 1 aliphatic rings. The molecule has 0 amide bonds. The Kier molecular flexibility index (Phi) is 4.87. The number of hydrogen-bond acceptors (Lipinski definition) is 7. The molecule has 1 aromatic carbocycles. The van der Waals surface area contributed by atoms with Gasteiger partial charge in [-0.15, -0.1) is 11.8 Å². The van der Waals surface area contributed by atoms with Gasteiger partial charge in [0.1, 0.15) is 4.90 Å². The highest BCUT2D eigenvalue weighted by Crippen LogP contribution is 2.45. The number of methoxy groups -OCH3 is 1. The monoisotopic (exact) mass is 401 g/mol. The molecule has 9 heteroatoms. The third kappa shape index (κ3) is 3.30. The minimum Gasteiger partial charge on any atom is -0.494 e. The molecule has 6 nitrogen and oxygen atoms in total. The molecule has 1 fully saturated rings. The summed E-state index contributed by atoms with van der Waals surface area (Å²) in [5.41, 5.74) is 0.553. The average Bonchev–Trinajstić information content (AvgIpc) is 3.31. The van der Waals surface area contributed by atoms with Gasteiger partial charge in [-0.25, -0.2) is 8.42 Å². The van der Waals surface area contributed by atoms with Crippen LogP contribution < -0.4 is 4.74 Å². The van der Waals surface area contributed by atoms with Crippen LogP contribution in [0.15, 0.2) is 26.6 Å². The summed E-state index contributed by atoms with van der Waals surface area (Å²) in [7, 11) is -2.23. The lowest BCUT2D eigenvalue weighted by Gasteiger charge is -2.12. The van der Waals surface area contributed by atoms with Crippen LogP contribution in [0.2, 0.25) is 5.02 Å². The topological polar surface area (TPSA) is 86.5 Å². The van der Waals surface area contributed by atoms with Crippen LogP contribution >= 0.6 is 23.4 Å². The zero-order valence-corrected chi connectivity index (χ0v) is 16.2. The molecular formula is C16H16ClNO5S2. The molecule has 0 atom stereocenters. The summed E-state index contributed by atoms with van der Waals surface area (Å²) in [5, 5.41) is 4.43. The Labute approximate surface area is 154 Å². The van der Waals surface area contributed by atoms with E-state index in [0.29, 0.717) is 16.3 Å². The highest BCUT2D eigenvalue weighted by molar-refractivity contribution is 7.98. The van der Waals surface area contributed by atoms with Gasteiger partial charge in [-0.3, -0.25) is 4.79 Å². The van der Waals surface area contributed by atoms with Crippen LogP contribution in [0, 0.1) is 0 Å². The van der Waals surface area contributed by atoms with Crippen LogP contribution in [0.25, 0.3) is 0 Å². The number of carbonyl (C=O) groups is 1. The average molecular weight is 402 g/mol. The molecule has 0 bridgehead atoms. The molecule has 0 unspecified atom stereocenters. The minimum absolute atomic E-state index is 0.0366. The van der Waals surface area contributed by atoms with Gasteiger partial charge in [-0.1, -0.05) is 16.8 Å². The van der Waals surface area contributed by atoms with Gasteiger partial charge < -0.3 is 9.26 Å². The summed E-state index contributed by atoms with van der Waals surface area (Å²) in [6.07, 6.45) is 4.76. The molecule has 134 valence electrons. The number of hydrogen-bond donors (Lipinski definition) is 0. The molecule has 25 heavy (non-hydrogen) atoms. The van der Waals surface area contributed by atoms with Crippen molar-refractivity contribution in [2.24, 2.45) is 0 Å². The second-order valence-corrected chi connectivity index (χ2v) is 8.92. The lowest BCUT2D eigenvalue weighted by Crippen LogP contribution is -2.08. The van der Waals surface area contributed by atoms with Crippen molar-refractivity contribution in [3.05, 3.63) is 34.0 Å². The predicted octanol–water partition coefficient (Wildman–Crippen LogP) is 3.57. The Hall–Kier alpha value is -1.51. The van der Waals surface area contributed by atoms with E-state index in [-0.39, 0.29) is 32.9 Å². The number of ether oxygens (including phenoxy) is 1. The highest BCUT2D eigenvalue weighted by Gasteiger charge is 2.36. The zero-order chi connectivity index (χ0) is 18.4. The van der Waals surface area contributed by atoms with E-state index in [1.165, 1.54) is 31.0 Å². The first kappa shape index (κ1) is 18.3. The third-order valence-electron chi connectivity index (χ3n) is 3.96. The van der Waals surface area contributed by atoms with Gasteiger partial charge in [-0.2, -0.15) is 0 Å². The Bertz CT molecular complexity index is 948. The van der Waals surface area contributed by atoms with Gasteiger partial charge in [0.25, 0.3) is 0 Å². The van der Waals surface area contributed by atoms with E-state index in [1.54, 1.807) is 6.26 Å². The van der Waals surface area contributed by atoms with Crippen molar-refractivity contribution in [1.29, 1.82) is 0 Å². The molecule has 3 rings (SSSR count). The number of halogens is 1. The van der Waals surface area contributed by atoms with Crippen LogP contribution in [0.4, 0.5) is 0 Å². The number of aromatic nitrogens is 1. The van der Waals surface area contributed by atoms with Gasteiger partial charge in [0.2, 0.25) is 5.78 Å². The molecule has 0 N–H and O–H groups in total. The maximum absolute atomic E-state index is 13.1. The highest BCUT2D eigenvalue weighted by atomic mass is 35.5. The van der Waals surface area contributed by atoms with Crippen LogP contribution in [0.1, 0.15) is 40.4 Å². The van der Waals surface area contributed by atoms with E-state index in [9.17, 15) is 13.2 Å². The van der Waals surface area contributed by atoms with Crippen LogP contribution in [0.3, 0.4) is 0 Å². The molecular weight excluding hydrogens is 386 g/mol. The normalized spacial score (nSPS) is 14.6. The second kappa shape index (κ2) is 6.66. The standard InChI is InChI=1S/C16H16ClNO5S2/c1-22-15-10(25(3,20)21)7-6-9(12(15)17)13(19)11-14(8-4-5-8)23-18-16(11)24-2/h6-8H,4-5H2,1-3H3. The van der Waals surface area contributed by atoms with Gasteiger partial charge in [0.05, 0.1) is 17.7 Å². The number of rotatable bonds is 6. The minimum atomic E-state index is -3.54. The van der Waals surface area contributed by atoms with Crippen molar-refractivity contribution >= 4 is 39.0 Å². The molecule has 0 radical (unpaired) electrons. The first-order valence-electron chi connectivity index (χ1n) is 7.44. The summed E-state index contributed by atoms with van der Waals surface area (Å²) in [5.74, 6) is 0.376. The van der Waals surface area contributed by atoms with Gasteiger partial charge in [0, 0.05) is 17.7 Å². The Morgan fingerprint density at radius 3 is 2.60 bits per heavy atom. The fraction of sp³-hybridized carbons (Fsp3) is 0.375. The number of carbonyl (C=O) groups excluding carboxylic acids is 1. The van der Waals surface area contributed by atoms with Crippen molar-refractivity contribution in [1.82, 2.24) is 5.16 Å². The van der Waals surface area contributed by atoms with Crippen molar-refractivity contribution < 1.29 is 22.5 Å². The van der Waals surface area contributed by atoms with Crippen molar-refractivity contribution in [2.75, 3.05) is 19.6 Å². The lowest BCUT2D eigenvalue weighted by molar-refractivity contribution is 0.103. The molecule has 0 aliphatic heterocycles. The summed E-state index contributed by atoms with van der Waals surface area (Å²) in [6, 6.07) is 2.73. The van der Waals surface area contributed by atoms with Crippen molar-refractivity contribution in [2.45, 2.75) is 28.7 Å². The third-order valence-corrected chi connectivity index (χ3v) is 6.13. The van der Waals surface area contributed by atoms with Crippen LogP contribution in [-0.4, -0.2) is 39.0 Å². The maximum Gasteiger partial charge on any atom is 0.201 e. The predicted molar refractivity (Wildman–Crippen MR) is 94.8 cm³/mol. The van der Waals surface area contributed by atoms with Crippen LogP contribution in [0.5, 0.6) is 5.75 Å². The smallest absolute Gasteiger partial charge is 0.201 e. The first-order chi connectivity index (χ1) is 11.8. The summed E-state index contributed by atoms with van der Waals surface area (Å²) in [6.45, 7) is 0. The molecule has 1 aromatic heterocycles. The number of ketones is 1. The molecule has 1 heterocycles. The Morgan fingerprint density at radius 1 is 1.40 bits per heavy atom. The number of benzene rings is 1.